The number of fused-ring (bicyclic) bond motifs is 1. The van der Waals surface area contributed by atoms with Crippen molar-refractivity contribution < 1.29 is 4.79 Å². The van der Waals surface area contributed by atoms with Crippen LogP contribution in [0.2, 0.25) is 0 Å². The highest BCUT2D eigenvalue weighted by Gasteiger charge is 2.14. The van der Waals surface area contributed by atoms with Crippen molar-refractivity contribution in [3.8, 4) is 11.4 Å². The summed E-state index contributed by atoms with van der Waals surface area (Å²) in [7, 11) is 0. The maximum atomic E-state index is 11.3. The molecule has 0 aliphatic carbocycles. The fraction of sp³-hybridized carbons (Fsp3) is 0.105. The van der Waals surface area contributed by atoms with Gasteiger partial charge in [0.15, 0.2) is 10.9 Å². The predicted molar refractivity (Wildman–Crippen MR) is 101 cm³/mol. The summed E-state index contributed by atoms with van der Waals surface area (Å²) < 4.78 is 2.05. The van der Waals surface area contributed by atoms with Crippen LogP contribution in [-0.2, 0) is 0 Å². The number of aryl methyl sites for hydroxylation is 1. The Labute approximate surface area is 149 Å². The smallest absolute Gasteiger partial charge is 0.187 e. The van der Waals surface area contributed by atoms with Crippen molar-refractivity contribution in [1.29, 1.82) is 0 Å². The van der Waals surface area contributed by atoms with E-state index in [4.69, 9.17) is 4.98 Å². The van der Waals surface area contributed by atoms with E-state index in [1.807, 2.05) is 61.0 Å². The van der Waals surface area contributed by atoms with E-state index in [2.05, 4.69) is 14.7 Å². The molecule has 5 nitrogen and oxygen atoms in total. The van der Waals surface area contributed by atoms with Gasteiger partial charge in [-0.2, -0.15) is 0 Å². The molecule has 6 heteroatoms. The van der Waals surface area contributed by atoms with E-state index >= 15 is 0 Å². The average molecular weight is 348 g/mol. The number of rotatable bonds is 4. The Kier molecular flexibility index (Phi) is 3.82. The van der Waals surface area contributed by atoms with Gasteiger partial charge < -0.3 is 5.32 Å². The van der Waals surface area contributed by atoms with E-state index in [0.29, 0.717) is 5.56 Å². The highest BCUT2D eigenvalue weighted by Crippen LogP contribution is 2.29. The monoisotopic (exact) mass is 348 g/mol. The van der Waals surface area contributed by atoms with Crippen LogP contribution in [0.15, 0.2) is 54.0 Å². The number of benzene rings is 1. The first-order chi connectivity index (χ1) is 12.1. The third-order valence-corrected chi connectivity index (χ3v) is 4.75. The van der Waals surface area contributed by atoms with E-state index in [1.165, 1.54) is 0 Å². The average Bonchev–Trinajstić information content (AvgIpc) is 3.18. The largest absolute Gasteiger partial charge is 0.332 e. The zero-order chi connectivity index (χ0) is 17.4. The molecule has 124 valence electrons. The van der Waals surface area contributed by atoms with Crippen molar-refractivity contribution in [3.63, 3.8) is 0 Å². The Morgan fingerprint density at radius 2 is 1.92 bits per heavy atom. The van der Waals surface area contributed by atoms with Crippen molar-refractivity contribution in [2.45, 2.75) is 13.8 Å². The fourth-order valence-corrected chi connectivity index (χ4v) is 3.49. The van der Waals surface area contributed by atoms with Crippen molar-refractivity contribution in [2.75, 3.05) is 5.32 Å². The minimum absolute atomic E-state index is 0.0613. The molecule has 0 atom stereocenters. The number of thiazole rings is 1. The molecule has 4 aromatic rings. The molecule has 25 heavy (non-hydrogen) atoms. The van der Waals surface area contributed by atoms with Gasteiger partial charge in [0.1, 0.15) is 11.3 Å². The van der Waals surface area contributed by atoms with E-state index < -0.39 is 0 Å². The standard InChI is InChI=1S/C19H16N4OS/c1-12-18(23-10-4-3-5-17(23)20-12)16-11-25-19(22-16)21-15-8-6-14(7-9-15)13(2)24/h3-11H,1-2H3,(H,21,22). The van der Waals surface area contributed by atoms with Gasteiger partial charge in [0.2, 0.25) is 0 Å². The van der Waals surface area contributed by atoms with E-state index in [-0.39, 0.29) is 5.78 Å². The fourth-order valence-electron chi connectivity index (χ4n) is 2.77. The van der Waals surface area contributed by atoms with Crippen LogP contribution in [0.3, 0.4) is 0 Å². The summed E-state index contributed by atoms with van der Waals surface area (Å²) in [6.07, 6.45) is 2.00. The Balaban J connectivity index is 1.63. The second kappa shape index (κ2) is 6.14. The molecule has 0 saturated carbocycles. The quantitative estimate of drug-likeness (QED) is 0.543. The van der Waals surface area contributed by atoms with Crippen LogP contribution in [0.5, 0.6) is 0 Å². The van der Waals surface area contributed by atoms with Gasteiger partial charge in [-0.3, -0.25) is 9.20 Å². The molecule has 0 fully saturated rings. The van der Waals surface area contributed by atoms with Gasteiger partial charge in [-0.25, -0.2) is 9.97 Å². The van der Waals surface area contributed by atoms with E-state index in [9.17, 15) is 4.79 Å². The summed E-state index contributed by atoms with van der Waals surface area (Å²) in [6.45, 7) is 3.56. The van der Waals surface area contributed by atoms with Gasteiger partial charge in [0.05, 0.1) is 11.4 Å². The molecule has 0 unspecified atom stereocenters. The van der Waals surface area contributed by atoms with Crippen LogP contribution in [0, 0.1) is 6.92 Å². The van der Waals surface area contributed by atoms with Crippen molar-refractivity contribution in [3.05, 3.63) is 65.3 Å². The molecule has 3 heterocycles. The number of Topliss-reactive ketones (excluding diaryl/α,β-unsaturated/α-hetero) is 1. The summed E-state index contributed by atoms with van der Waals surface area (Å²) >= 11 is 1.54. The van der Waals surface area contributed by atoms with Gasteiger partial charge in [-0.05, 0) is 50.2 Å². The first-order valence-corrected chi connectivity index (χ1v) is 8.77. The van der Waals surface area contributed by atoms with Crippen molar-refractivity contribution >= 4 is 33.6 Å². The zero-order valence-corrected chi connectivity index (χ0v) is 14.7. The molecule has 3 aromatic heterocycles. The Morgan fingerprint density at radius 1 is 1.12 bits per heavy atom. The molecule has 0 aliphatic rings. The highest BCUT2D eigenvalue weighted by atomic mass is 32.1. The minimum atomic E-state index is 0.0613. The molecule has 0 saturated heterocycles. The van der Waals surface area contributed by atoms with Gasteiger partial charge in [0, 0.05) is 22.8 Å². The van der Waals surface area contributed by atoms with Crippen LogP contribution >= 0.6 is 11.3 Å². The number of nitrogens with one attached hydrogen (secondary N) is 1. The van der Waals surface area contributed by atoms with E-state index in [0.717, 1.165) is 33.5 Å². The van der Waals surface area contributed by atoms with Gasteiger partial charge >= 0.3 is 0 Å². The number of anilines is 2. The molecular formula is C19H16N4OS. The maximum absolute atomic E-state index is 11.3. The lowest BCUT2D eigenvalue weighted by molar-refractivity contribution is 0.101. The number of imidazole rings is 1. The molecule has 0 amide bonds. The number of pyridine rings is 1. The number of ketones is 1. The molecule has 0 spiro atoms. The molecular weight excluding hydrogens is 332 g/mol. The molecule has 0 radical (unpaired) electrons. The second-order valence-electron chi connectivity index (χ2n) is 5.77. The summed E-state index contributed by atoms with van der Waals surface area (Å²) in [5.41, 5.74) is 5.37. The summed E-state index contributed by atoms with van der Waals surface area (Å²) in [6, 6.07) is 13.3. The van der Waals surface area contributed by atoms with Crippen LogP contribution < -0.4 is 5.32 Å². The van der Waals surface area contributed by atoms with Crippen molar-refractivity contribution in [1.82, 2.24) is 14.4 Å². The lowest BCUT2D eigenvalue weighted by Gasteiger charge is -2.03. The molecule has 0 aliphatic heterocycles. The van der Waals surface area contributed by atoms with Crippen molar-refractivity contribution in [2.24, 2.45) is 0 Å². The van der Waals surface area contributed by atoms with Crippen LogP contribution in [0.4, 0.5) is 10.8 Å². The highest BCUT2D eigenvalue weighted by molar-refractivity contribution is 7.14. The maximum Gasteiger partial charge on any atom is 0.187 e. The lowest BCUT2D eigenvalue weighted by atomic mass is 10.1. The number of aromatic nitrogens is 3. The summed E-state index contributed by atoms with van der Waals surface area (Å²) in [5.74, 6) is 0.0613. The lowest BCUT2D eigenvalue weighted by Crippen LogP contribution is -1.94. The summed E-state index contributed by atoms with van der Waals surface area (Å²) in [5, 5.41) is 6.11. The topological polar surface area (TPSA) is 59.3 Å². The normalized spacial score (nSPS) is 11.0. The molecule has 0 bridgehead atoms. The minimum Gasteiger partial charge on any atom is -0.332 e. The Morgan fingerprint density at radius 3 is 2.68 bits per heavy atom. The Hall–Kier alpha value is -2.99. The first kappa shape index (κ1) is 15.5. The SMILES string of the molecule is CC(=O)c1ccc(Nc2nc(-c3c(C)nc4ccccn34)cs2)cc1. The third kappa shape index (κ3) is 2.92. The molecule has 1 N–H and O–H groups in total. The van der Waals surface area contributed by atoms with Gasteiger partial charge in [-0.15, -0.1) is 11.3 Å². The van der Waals surface area contributed by atoms with Crippen LogP contribution in [0.1, 0.15) is 23.0 Å². The molecule has 4 rings (SSSR count). The zero-order valence-electron chi connectivity index (χ0n) is 13.9. The number of carbonyl (C=O) groups is 1. The van der Waals surface area contributed by atoms with Crippen LogP contribution in [0.25, 0.3) is 17.0 Å². The molecule has 1 aromatic carbocycles. The van der Waals surface area contributed by atoms with Gasteiger partial charge in [0.25, 0.3) is 0 Å². The third-order valence-electron chi connectivity index (χ3n) is 3.99. The number of hydrogen-bond donors (Lipinski definition) is 1. The first-order valence-electron chi connectivity index (χ1n) is 7.89. The second-order valence-corrected chi connectivity index (χ2v) is 6.63. The predicted octanol–water partition coefficient (Wildman–Crippen LogP) is 4.71. The van der Waals surface area contributed by atoms with Gasteiger partial charge in [-0.1, -0.05) is 6.07 Å². The number of carbonyl (C=O) groups excluding carboxylic acids is 1. The Bertz CT molecular complexity index is 1060. The number of hydrogen-bond acceptors (Lipinski definition) is 5. The summed E-state index contributed by atoms with van der Waals surface area (Å²) in [4.78, 5) is 20.6. The van der Waals surface area contributed by atoms with Crippen LogP contribution in [-0.4, -0.2) is 20.2 Å². The number of nitrogens with zero attached hydrogens (tertiary/aromatic N) is 3. The van der Waals surface area contributed by atoms with E-state index in [1.54, 1.807) is 18.3 Å².